The largest absolute Gasteiger partial charge is 0.466 e. The van der Waals surface area contributed by atoms with E-state index in [1.165, 1.54) is 5.56 Å². The zero-order chi connectivity index (χ0) is 18.1. The highest BCUT2D eigenvalue weighted by atomic mass is 16.3. The molecule has 6 nitrogen and oxygen atoms in total. The number of carbonyl (C=O) groups is 1. The zero-order valence-electron chi connectivity index (χ0n) is 15.7. The number of hydrogen-bond donors (Lipinski definition) is 0. The highest BCUT2D eigenvalue weighted by Gasteiger charge is 2.39. The smallest absolute Gasteiger partial charge is 0.222 e. The minimum atomic E-state index is 0.315. The number of aromatic nitrogens is 2. The predicted molar refractivity (Wildman–Crippen MR) is 98.5 cm³/mol. The summed E-state index contributed by atoms with van der Waals surface area (Å²) < 4.78 is 7.54. The third-order valence-corrected chi connectivity index (χ3v) is 5.79. The van der Waals surface area contributed by atoms with Gasteiger partial charge in [-0.05, 0) is 37.8 Å². The Morgan fingerprint density at radius 3 is 2.92 bits per heavy atom. The Morgan fingerprint density at radius 1 is 1.31 bits per heavy atom. The Kier molecular flexibility index (Phi) is 4.85. The standard InChI is InChI=1S/C20H28N4O2/c1-15-3-5-18(26-15)7-10-24-19-8-9-23(13-16-11-21-22(2)12-16)14-17(19)4-6-20(24)25/h3,5,11-12,17,19H,4,6-10,13-14H2,1-2H3/t17-,19+/m0/s1. The first-order valence-electron chi connectivity index (χ1n) is 9.63. The summed E-state index contributed by atoms with van der Waals surface area (Å²) in [6.07, 6.45) is 7.61. The van der Waals surface area contributed by atoms with Gasteiger partial charge in [0.1, 0.15) is 11.5 Å². The lowest BCUT2D eigenvalue weighted by Crippen LogP contribution is -2.56. The fourth-order valence-electron chi connectivity index (χ4n) is 4.52. The molecule has 4 rings (SSSR count). The van der Waals surface area contributed by atoms with Gasteiger partial charge < -0.3 is 9.32 Å². The second-order valence-electron chi connectivity index (χ2n) is 7.76. The normalized spacial score (nSPS) is 24.1. The van der Waals surface area contributed by atoms with Gasteiger partial charge in [-0.25, -0.2) is 0 Å². The fourth-order valence-corrected chi connectivity index (χ4v) is 4.52. The molecule has 2 fully saturated rings. The molecule has 140 valence electrons. The number of rotatable bonds is 5. The van der Waals surface area contributed by atoms with Crippen LogP contribution in [0.4, 0.5) is 0 Å². The molecule has 6 heteroatoms. The molecule has 0 aliphatic carbocycles. The zero-order valence-corrected chi connectivity index (χ0v) is 15.7. The molecule has 0 N–H and O–H groups in total. The van der Waals surface area contributed by atoms with Crippen LogP contribution in [0.5, 0.6) is 0 Å². The summed E-state index contributed by atoms with van der Waals surface area (Å²) in [6.45, 7) is 5.80. The van der Waals surface area contributed by atoms with Crippen molar-refractivity contribution in [2.75, 3.05) is 19.6 Å². The Labute approximate surface area is 154 Å². The van der Waals surface area contributed by atoms with Gasteiger partial charge in [0.05, 0.1) is 6.20 Å². The van der Waals surface area contributed by atoms with Gasteiger partial charge in [-0.15, -0.1) is 0 Å². The van der Waals surface area contributed by atoms with Crippen molar-refractivity contribution < 1.29 is 9.21 Å². The van der Waals surface area contributed by atoms with E-state index in [1.54, 1.807) is 0 Å². The van der Waals surface area contributed by atoms with E-state index in [9.17, 15) is 4.79 Å². The molecule has 2 aromatic heterocycles. The SMILES string of the molecule is Cc1ccc(CCN2C(=O)CC[C@H]3CN(Cc4cnn(C)c4)CC[C@H]32)o1. The predicted octanol–water partition coefficient (Wildman–Crippen LogP) is 2.38. The van der Waals surface area contributed by atoms with E-state index in [2.05, 4.69) is 21.1 Å². The van der Waals surface area contributed by atoms with Gasteiger partial charge in [0, 0.05) is 63.9 Å². The first-order chi connectivity index (χ1) is 12.6. The quantitative estimate of drug-likeness (QED) is 0.825. The van der Waals surface area contributed by atoms with Crippen molar-refractivity contribution in [1.82, 2.24) is 19.6 Å². The van der Waals surface area contributed by atoms with Gasteiger partial charge in [0.2, 0.25) is 5.91 Å². The van der Waals surface area contributed by atoms with E-state index < -0.39 is 0 Å². The van der Waals surface area contributed by atoms with Crippen molar-refractivity contribution in [3.05, 3.63) is 41.6 Å². The van der Waals surface area contributed by atoms with E-state index in [1.807, 2.05) is 37.0 Å². The number of piperidine rings is 2. The second-order valence-corrected chi connectivity index (χ2v) is 7.76. The van der Waals surface area contributed by atoms with E-state index in [0.29, 0.717) is 24.3 Å². The molecular formula is C20H28N4O2. The van der Waals surface area contributed by atoms with Crippen molar-refractivity contribution in [2.45, 2.75) is 45.2 Å². The molecule has 2 aromatic rings. The first kappa shape index (κ1) is 17.3. The first-order valence-corrected chi connectivity index (χ1v) is 9.63. The number of likely N-dealkylation sites (tertiary alicyclic amines) is 2. The molecule has 2 atom stereocenters. The Morgan fingerprint density at radius 2 is 2.19 bits per heavy atom. The average Bonchev–Trinajstić information content (AvgIpc) is 3.22. The van der Waals surface area contributed by atoms with Gasteiger partial charge in [-0.2, -0.15) is 5.10 Å². The lowest BCUT2D eigenvalue weighted by molar-refractivity contribution is -0.141. The van der Waals surface area contributed by atoms with Gasteiger partial charge in [-0.1, -0.05) is 0 Å². The van der Waals surface area contributed by atoms with Gasteiger partial charge in [0.25, 0.3) is 0 Å². The van der Waals surface area contributed by atoms with Crippen LogP contribution < -0.4 is 0 Å². The third-order valence-electron chi connectivity index (χ3n) is 5.79. The van der Waals surface area contributed by atoms with Crippen LogP contribution in [0.25, 0.3) is 0 Å². The van der Waals surface area contributed by atoms with Crippen molar-refractivity contribution in [3.8, 4) is 0 Å². The lowest BCUT2D eigenvalue weighted by Gasteiger charge is -2.47. The van der Waals surface area contributed by atoms with Gasteiger partial charge in [0.15, 0.2) is 0 Å². The molecule has 0 spiro atoms. The molecule has 0 aromatic carbocycles. The molecule has 4 heterocycles. The van der Waals surface area contributed by atoms with Crippen LogP contribution in [0.2, 0.25) is 0 Å². The Hall–Kier alpha value is -2.08. The maximum absolute atomic E-state index is 12.5. The number of fused-ring (bicyclic) bond motifs is 1. The van der Waals surface area contributed by atoms with E-state index in [0.717, 1.165) is 57.0 Å². The van der Waals surface area contributed by atoms with Crippen LogP contribution in [0.15, 0.2) is 28.9 Å². The topological polar surface area (TPSA) is 54.5 Å². The summed E-state index contributed by atoms with van der Waals surface area (Å²) >= 11 is 0. The molecule has 2 saturated heterocycles. The molecule has 1 amide bonds. The Balaban J connectivity index is 1.37. The minimum absolute atomic E-state index is 0.315. The van der Waals surface area contributed by atoms with Crippen LogP contribution in [-0.2, 0) is 24.8 Å². The lowest BCUT2D eigenvalue weighted by atomic mass is 9.83. The summed E-state index contributed by atoms with van der Waals surface area (Å²) in [5, 5.41) is 4.27. The average molecular weight is 356 g/mol. The van der Waals surface area contributed by atoms with Crippen LogP contribution in [0.3, 0.4) is 0 Å². The molecular weight excluding hydrogens is 328 g/mol. The monoisotopic (exact) mass is 356 g/mol. The number of aryl methyl sites for hydroxylation is 2. The highest BCUT2D eigenvalue weighted by Crippen LogP contribution is 2.32. The number of hydrogen-bond acceptors (Lipinski definition) is 4. The molecule has 2 aliphatic heterocycles. The number of nitrogens with zero attached hydrogens (tertiary/aromatic N) is 4. The van der Waals surface area contributed by atoms with Crippen LogP contribution >= 0.6 is 0 Å². The van der Waals surface area contributed by atoms with Crippen molar-refractivity contribution in [3.63, 3.8) is 0 Å². The number of furan rings is 1. The van der Waals surface area contributed by atoms with E-state index in [-0.39, 0.29) is 0 Å². The van der Waals surface area contributed by atoms with Crippen molar-refractivity contribution in [2.24, 2.45) is 13.0 Å². The summed E-state index contributed by atoms with van der Waals surface area (Å²) in [6, 6.07) is 4.41. The Bertz CT molecular complexity index is 765. The molecule has 0 saturated carbocycles. The summed E-state index contributed by atoms with van der Waals surface area (Å²) in [4.78, 5) is 17.2. The maximum atomic E-state index is 12.5. The molecule has 0 unspecified atom stereocenters. The van der Waals surface area contributed by atoms with Crippen molar-refractivity contribution >= 4 is 5.91 Å². The van der Waals surface area contributed by atoms with Gasteiger partial charge >= 0.3 is 0 Å². The van der Waals surface area contributed by atoms with Crippen LogP contribution in [0.1, 0.15) is 36.3 Å². The molecule has 26 heavy (non-hydrogen) atoms. The van der Waals surface area contributed by atoms with Gasteiger partial charge in [-0.3, -0.25) is 14.4 Å². The van der Waals surface area contributed by atoms with E-state index >= 15 is 0 Å². The fraction of sp³-hybridized carbons (Fsp3) is 0.600. The summed E-state index contributed by atoms with van der Waals surface area (Å²) in [5.41, 5.74) is 1.27. The van der Waals surface area contributed by atoms with E-state index in [4.69, 9.17) is 4.42 Å². The highest BCUT2D eigenvalue weighted by molar-refractivity contribution is 5.77. The minimum Gasteiger partial charge on any atom is -0.466 e. The third kappa shape index (κ3) is 3.70. The maximum Gasteiger partial charge on any atom is 0.222 e. The number of amides is 1. The number of carbonyl (C=O) groups excluding carboxylic acids is 1. The summed E-state index contributed by atoms with van der Waals surface area (Å²) in [5.74, 6) is 2.81. The second kappa shape index (κ2) is 7.27. The van der Waals surface area contributed by atoms with Crippen molar-refractivity contribution in [1.29, 1.82) is 0 Å². The molecule has 0 bridgehead atoms. The van der Waals surface area contributed by atoms with Crippen LogP contribution in [-0.4, -0.2) is 51.2 Å². The molecule has 0 radical (unpaired) electrons. The summed E-state index contributed by atoms with van der Waals surface area (Å²) in [7, 11) is 1.96. The molecule has 2 aliphatic rings. The van der Waals surface area contributed by atoms with Crippen LogP contribution in [0, 0.1) is 12.8 Å².